The maximum atomic E-state index is 10.2. The molecule has 0 bridgehead atoms. The summed E-state index contributed by atoms with van der Waals surface area (Å²) >= 11 is 0. The molecule has 0 atom stereocenters. The summed E-state index contributed by atoms with van der Waals surface area (Å²) in [5.41, 5.74) is 2.88. The highest BCUT2D eigenvalue weighted by atomic mass is 16.7. The molecule has 20 heavy (non-hydrogen) atoms. The fraction of sp³-hybridized carbons (Fsp3) is 0.176. The first kappa shape index (κ1) is 12.6. The van der Waals surface area contributed by atoms with Crippen LogP contribution in [0.4, 0.5) is 0 Å². The van der Waals surface area contributed by atoms with Crippen LogP contribution in [0.25, 0.3) is 5.57 Å². The van der Waals surface area contributed by atoms with Gasteiger partial charge in [0.25, 0.3) is 0 Å². The van der Waals surface area contributed by atoms with Crippen molar-refractivity contribution in [3.8, 4) is 17.2 Å². The lowest BCUT2D eigenvalue weighted by atomic mass is 9.98. The molecular formula is C17H16O3. The first-order valence-corrected chi connectivity index (χ1v) is 6.59. The quantitative estimate of drug-likeness (QED) is 0.917. The minimum atomic E-state index is 0.123. The van der Waals surface area contributed by atoms with Crippen LogP contribution in [-0.2, 0) is 6.42 Å². The number of hydrogen-bond donors (Lipinski definition) is 1. The highest BCUT2D eigenvalue weighted by molar-refractivity contribution is 5.73. The van der Waals surface area contributed by atoms with E-state index in [1.807, 2.05) is 30.3 Å². The summed E-state index contributed by atoms with van der Waals surface area (Å²) in [6.45, 7) is 4.23. The molecule has 102 valence electrons. The first-order chi connectivity index (χ1) is 9.75. The van der Waals surface area contributed by atoms with Gasteiger partial charge in [-0.25, -0.2) is 0 Å². The van der Waals surface area contributed by atoms with Gasteiger partial charge in [0.05, 0.1) is 0 Å². The van der Waals surface area contributed by atoms with E-state index in [4.69, 9.17) is 9.47 Å². The van der Waals surface area contributed by atoms with Gasteiger partial charge >= 0.3 is 0 Å². The molecule has 0 aromatic heterocycles. The molecule has 3 heteroatoms. The Balaban J connectivity index is 1.75. The smallest absolute Gasteiger partial charge is 0.231 e. The minimum absolute atomic E-state index is 0.123. The van der Waals surface area contributed by atoms with Crippen molar-refractivity contribution in [2.45, 2.75) is 12.8 Å². The summed E-state index contributed by atoms with van der Waals surface area (Å²) in [7, 11) is 0. The number of aromatic hydroxyl groups is 1. The molecule has 1 aliphatic heterocycles. The van der Waals surface area contributed by atoms with Gasteiger partial charge in [0.1, 0.15) is 0 Å². The molecule has 1 aliphatic rings. The van der Waals surface area contributed by atoms with E-state index in [2.05, 4.69) is 18.7 Å². The lowest BCUT2D eigenvalue weighted by Crippen LogP contribution is -1.93. The second-order valence-electron chi connectivity index (χ2n) is 4.78. The SMILES string of the molecule is C=C(CCc1ccccc1)c1ccc2c(c1O)OCO2. The zero-order valence-corrected chi connectivity index (χ0v) is 11.1. The lowest BCUT2D eigenvalue weighted by molar-refractivity contribution is 0.171. The van der Waals surface area contributed by atoms with Gasteiger partial charge in [0.15, 0.2) is 11.5 Å². The minimum Gasteiger partial charge on any atom is -0.504 e. The Morgan fingerprint density at radius 1 is 1.10 bits per heavy atom. The fourth-order valence-electron chi connectivity index (χ4n) is 2.32. The van der Waals surface area contributed by atoms with Crippen LogP contribution in [0.15, 0.2) is 49.0 Å². The summed E-state index contributed by atoms with van der Waals surface area (Å²) in [5.74, 6) is 1.13. The van der Waals surface area contributed by atoms with Crippen LogP contribution in [0, 0.1) is 0 Å². The van der Waals surface area contributed by atoms with Gasteiger partial charge in [-0.15, -0.1) is 0 Å². The van der Waals surface area contributed by atoms with E-state index < -0.39 is 0 Å². The van der Waals surface area contributed by atoms with Crippen molar-refractivity contribution in [1.29, 1.82) is 0 Å². The van der Waals surface area contributed by atoms with Crippen LogP contribution in [0.5, 0.6) is 17.2 Å². The van der Waals surface area contributed by atoms with Crippen LogP contribution in [0.3, 0.4) is 0 Å². The summed E-state index contributed by atoms with van der Waals surface area (Å²) < 4.78 is 10.5. The third-order valence-corrected chi connectivity index (χ3v) is 3.45. The second-order valence-corrected chi connectivity index (χ2v) is 4.78. The van der Waals surface area contributed by atoms with Crippen LogP contribution >= 0.6 is 0 Å². The molecule has 0 radical (unpaired) electrons. The number of hydrogen-bond acceptors (Lipinski definition) is 3. The molecule has 2 aromatic rings. The van der Waals surface area contributed by atoms with Crippen molar-refractivity contribution in [3.05, 3.63) is 60.2 Å². The number of phenolic OH excluding ortho intramolecular Hbond substituents is 1. The van der Waals surface area contributed by atoms with Gasteiger partial charge < -0.3 is 14.6 Å². The summed E-state index contributed by atoms with van der Waals surface area (Å²) in [5, 5.41) is 10.2. The number of fused-ring (bicyclic) bond motifs is 1. The zero-order valence-electron chi connectivity index (χ0n) is 11.1. The predicted molar refractivity (Wildman–Crippen MR) is 78.0 cm³/mol. The third kappa shape index (κ3) is 2.35. The molecule has 0 saturated heterocycles. The van der Waals surface area contributed by atoms with E-state index in [0.29, 0.717) is 11.5 Å². The maximum absolute atomic E-state index is 10.2. The number of benzene rings is 2. The molecule has 3 nitrogen and oxygen atoms in total. The van der Waals surface area contributed by atoms with E-state index in [9.17, 15) is 5.11 Å². The molecule has 1 heterocycles. The van der Waals surface area contributed by atoms with Gasteiger partial charge in [-0.3, -0.25) is 0 Å². The number of allylic oxidation sites excluding steroid dienone is 1. The Bertz CT molecular complexity index is 632. The molecule has 0 fully saturated rings. The Hall–Kier alpha value is -2.42. The van der Waals surface area contributed by atoms with Crippen molar-refractivity contribution < 1.29 is 14.6 Å². The Morgan fingerprint density at radius 3 is 2.70 bits per heavy atom. The van der Waals surface area contributed by atoms with Crippen molar-refractivity contribution in [3.63, 3.8) is 0 Å². The molecule has 0 amide bonds. The number of ether oxygens (including phenoxy) is 2. The number of phenols is 1. The maximum Gasteiger partial charge on any atom is 0.231 e. The molecule has 0 unspecified atom stereocenters. The summed E-state index contributed by atoms with van der Waals surface area (Å²) in [6, 6.07) is 13.9. The third-order valence-electron chi connectivity index (χ3n) is 3.45. The van der Waals surface area contributed by atoms with Crippen molar-refractivity contribution in [2.75, 3.05) is 6.79 Å². The average molecular weight is 268 g/mol. The largest absolute Gasteiger partial charge is 0.504 e. The topological polar surface area (TPSA) is 38.7 Å². The van der Waals surface area contributed by atoms with Gasteiger partial charge in [0.2, 0.25) is 12.5 Å². The summed E-state index contributed by atoms with van der Waals surface area (Å²) in [6.07, 6.45) is 1.69. The predicted octanol–water partition coefficient (Wildman–Crippen LogP) is 3.77. The van der Waals surface area contributed by atoms with Crippen molar-refractivity contribution in [1.82, 2.24) is 0 Å². The molecule has 3 rings (SSSR count). The average Bonchev–Trinajstić information content (AvgIpc) is 2.96. The fourth-order valence-corrected chi connectivity index (χ4v) is 2.32. The van der Waals surface area contributed by atoms with Crippen molar-refractivity contribution >= 4 is 5.57 Å². The van der Waals surface area contributed by atoms with Gasteiger partial charge in [-0.2, -0.15) is 0 Å². The molecule has 0 aliphatic carbocycles. The monoisotopic (exact) mass is 268 g/mol. The van der Waals surface area contributed by atoms with Crippen LogP contribution < -0.4 is 9.47 Å². The van der Waals surface area contributed by atoms with E-state index in [0.717, 1.165) is 24.0 Å². The lowest BCUT2D eigenvalue weighted by Gasteiger charge is -2.10. The van der Waals surface area contributed by atoms with E-state index in [1.54, 1.807) is 0 Å². The van der Waals surface area contributed by atoms with E-state index in [-0.39, 0.29) is 12.5 Å². The highest BCUT2D eigenvalue weighted by Gasteiger charge is 2.21. The Labute approximate surface area is 118 Å². The van der Waals surface area contributed by atoms with Gasteiger partial charge in [0, 0.05) is 5.56 Å². The number of aryl methyl sites for hydroxylation is 1. The Morgan fingerprint density at radius 2 is 1.90 bits per heavy atom. The van der Waals surface area contributed by atoms with Crippen molar-refractivity contribution in [2.24, 2.45) is 0 Å². The molecular weight excluding hydrogens is 252 g/mol. The molecule has 1 N–H and O–H groups in total. The normalized spacial score (nSPS) is 12.4. The molecule has 2 aromatic carbocycles. The Kier molecular flexibility index (Phi) is 3.33. The second kappa shape index (κ2) is 5.29. The first-order valence-electron chi connectivity index (χ1n) is 6.59. The van der Waals surface area contributed by atoms with Gasteiger partial charge in [-0.05, 0) is 36.1 Å². The van der Waals surface area contributed by atoms with Crippen LogP contribution in [0.2, 0.25) is 0 Å². The van der Waals surface area contributed by atoms with E-state index in [1.165, 1.54) is 5.56 Å². The standard InChI is InChI=1S/C17H16O3/c1-12(7-8-13-5-3-2-4-6-13)14-9-10-15-17(16(14)18)20-11-19-15/h2-6,9-10,18H,1,7-8,11H2. The molecule has 0 spiro atoms. The van der Waals surface area contributed by atoms with Gasteiger partial charge in [-0.1, -0.05) is 36.9 Å². The number of rotatable bonds is 4. The summed E-state index contributed by atoms with van der Waals surface area (Å²) in [4.78, 5) is 0. The van der Waals surface area contributed by atoms with Crippen LogP contribution in [-0.4, -0.2) is 11.9 Å². The van der Waals surface area contributed by atoms with Crippen LogP contribution in [0.1, 0.15) is 17.5 Å². The highest BCUT2D eigenvalue weighted by Crippen LogP contribution is 2.44. The molecule has 0 saturated carbocycles. The zero-order chi connectivity index (χ0) is 13.9. The van der Waals surface area contributed by atoms with E-state index >= 15 is 0 Å².